The summed E-state index contributed by atoms with van der Waals surface area (Å²) < 4.78 is 0. The fourth-order valence-corrected chi connectivity index (χ4v) is 6.64. The first-order valence-electron chi connectivity index (χ1n) is 12.8. The van der Waals surface area contributed by atoms with Gasteiger partial charge in [-0.1, -0.05) is 126 Å². The number of benzene rings is 3. The van der Waals surface area contributed by atoms with Gasteiger partial charge in [-0.3, -0.25) is 4.99 Å². The van der Waals surface area contributed by atoms with E-state index in [1.54, 1.807) is 0 Å². The number of nitrogens with zero attached hydrogens (tertiary/aromatic N) is 2. The Kier molecular flexibility index (Phi) is 12.8. The molecule has 0 saturated carbocycles. The fourth-order valence-electron chi connectivity index (χ4n) is 4.30. The Labute approximate surface area is 233 Å². The molecule has 186 valence electrons. The summed E-state index contributed by atoms with van der Waals surface area (Å²) in [6.07, 6.45) is 4.34. The molecule has 0 aromatic heterocycles. The zero-order chi connectivity index (χ0) is 25.2. The molecular weight excluding hydrogens is 509 g/mol. The van der Waals surface area contributed by atoms with Crippen molar-refractivity contribution in [1.29, 1.82) is 0 Å². The van der Waals surface area contributed by atoms with Crippen LogP contribution in [-0.4, -0.2) is 18.4 Å². The van der Waals surface area contributed by atoms with Gasteiger partial charge in [-0.05, 0) is 54.6 Å². The van der Waals surface area contributed by atoms with Gasteiger partial charge in [0, 0.05) is 5.71 Å². The van der Waals surface area contributed by atoms with Crippen LogP contribution in [0.15, 0.2) is 95.6 Å². The Morgan fingerprint density at radius 2 is 1.28 bits per heavy atom. The van der Waals surface area contributed by atoms with E-state index >= 15 is 0 Å². The molecule has 0 aliphatic heterocycles. The predicted molar refractivity (Wildman–Crippen MR) is 159 cm³/mol. The van der Waals surface area contributed by atoms with Gasteiger partial charge < -0.3 is 5.32 Å². The van der Waals surface area contributed by atoms with E-state index < -0.39 is 0 Å². The molecule has 3 aromatic rings. The van der Waals surface area contributed by atoms with Gasteiger partial charge in [0.25, 0.3) is 0 Å². The maximum absolute atomic E-state index is 5.06. The normalized spacial score (nSPS) is 12.2. The van der Waals surface area contributed by atoms with Crippen molar-refractivity contribution in [1.82, 2.24) is 0 Å². The molecule has 0 amide bonds. The second-order valence-corrected chi connectivity index (χ2v) is 12.0. The van der Waals surface area contributed by atoms with Crippen molar-refractivity contribution in [3.05, 3.63) is 107 Å². The van der Waals surface area contributed by atoms with Crippen molar-refractivity contribution in [3.8, 4) is 0 Å². The van der Waals surface area contributed by atoms with Crippen molar-refractivity contribution in [2.24, 2.45) is 4.99 Å². The van der Waals surface area contributed by atoms with E-state index in [0.717, 1.165) is 36.2 Å². The third-order valence-corrected chi connectivity index (χ3v) is 8.69. The van der Waals surface area contributed by atoms with Crippen molar-refractivity contribution < 1.29 is 19.5 Å². The Morgan fingerprint density at radius 3 is 1.75 bits per heavy atom. The molecule has 36 heavy (non-hydrogen) atoms. The zero-order valence-corrected chi connectivity index (χ0v) is 28.3. The fraction of sp³-hybridized carbons (Fsp3) is 0.344. The van der Waals surface area contributed by atoms with Gasteiger partial charge >= 0.3 is 19.5 Å². The first-order valence-corrected chi connectivity index (χ1v) is 14.3. The molecule has 4 heteroatoms. The van der Waals surface area contributed by atoms with Crippen molar-refractivity contribution in [2.75, 3.05) is 12.7 Å². The summed E-state index contributed by atoms with van der Waals surface area (Å²) in [6, 6.07) is 28.4. The number of para-hydroxylation sites is 1. The van der Waals surface area contributed by atoms with Crippen LogP contribution in [0.1, 0.15) is 70.9 Å². The first-order chi connectivity index (χ1) is 16.9. The molecule has 0 bridgehead atoms. The summed E-state index contributed by atoms with van der Waals surface area (Å²) >= 11 is 0. The van der Waals surface area contributed by atoms with E-state index in [-0.39, 0.29) is 27.4 Å². The molecule has 1 radical (unpaired) electrons. The molecule has 0 atom stereocenters. The van der Waals surface area contributed by atoms with E-state index in [0.29, 0.717) is 11.8 Å². The molecule has 0 N–H and O–H groups in total. The molecule has 3 aromatic carbocycles. The van der Waals surface area contributed by atoms with Crippen LogP contribution in [0, 0.1) is 0 Å². The second kappa shape index (κ2) is 15.2. The van der Waals surface area contributed by atoms with Gasteiger partial charge in [0.1, 0.15) is 0 Å². The van der Waals surface area contributed by atoms with Gasteiger partial charge in [-0.15, -0.1) is 6.54 Å². The van der Waals surface area contributed by atoms with E-state index in [1.165, 1.54) is 21.7 Å². The number of hydrogen-bond acceptors (Lipinski definition) is 1. The number of aliphatic imine (C=N–C) groups is 1. The topological polar surface area (TPSA) is 26.5 Å². The second-order valence-electron chi connectivity index (χ2n) is 9.69. The molecule has 0 unspecified atom stereocenters. The van der Waals surface area contributed by atoms with Crippen LogP contribution in [0.4, 0.5) is 5.69 Å². The van der Waals surface area contributed by atoms with Crippen LogP contribution in [0.5, 0.6) is 0 Å². The van der Waals surface area contributed by atoms with Crippen molar-refractivity contribution >= 4 is 29.9 Å². The average molecular weight is 550 g/mol. The Morgan fingerprint density at radius 1 is 0.778 bits per heavy atom. The SMILES string of the molecule is CC(/C=C(/C)[N-]CCCP(c1ccccc1)c1ccccc1)=Nc1c(C(C)C)cccc1C(C)C.[ZnH+]. The molecule has 2 nitrogen and oxygen atoms in total. The summed E-state index contributed by atoms with van der Waals surface area (Å²) in [5, 5.41) is 7.75. The third kappa shape index (κ3) is 8.79. The van der Waals surface area contributed by atoms with Crippen molar-refractivity contribution in [3.63, 3.8) is 0 Å². The standard InChI is InChI=1S/C32H40N2P.Zn.H/c1-24(2)30-19-13-20-31(25(3)4)32(30)34-27(6)23-26(5)33-21-14-22-35(28-15-9-7-10-16-28)29-17-11-8-12-18-29;;/h7-13,15-20,23-25H,14,21-22H2,1-6H3;;/q-1;+1;/b26-23-,34-27?;;. The Bertz CT molecular complexity index is 1060. The molecule has 0 heterocycles. The summed E-state index contributed by atoms with van der Waals surface area (Å²) in [4.78, 5) is 5.06. The van der Waals surface area contributed by atoms with Crippen LogP contribution in [-0.2, 0) is 19.5 Å². The Balaban J connectivity index is 0.00000456. The molecule has 0 aliphatic rings. The van der Waals surface area contributed by atoms with Crippen LogP contribution >= 0.6 is 7.92 Å². The number of rotatable bonds is 11. The summed E-state index contributed by atoms with van der Waals surface area (Å²) in [5.41, 5.74) is 5.82. The van der Waals surface area contributed by atoms with Gasteiger partial charge in [0.2, 0.25) is 0 Å². The Hall–Kier alpha value is -2.08. The number of allylic oxidation sites excluding steroid dienone is 2. The van der Waals surface area contributed by atoms with Gasteiger partial charge in [0.05, 0.1) is 5.69 Å². The van der Waals surface area contributed by atoms with E-state index in [9.17, 15) is 0 Å². The minimum atomic E-state index is -0.355. The first kappa shape index (κ1) is 30.1. The van der Waals surface area contributed by atoms with Crippen LogP contribution in [0.3, 0.4) is 0 Å². The molecule has 0 spiro atoms. The molecular formula is C32H41N2PZn. The third-order valence-electron chi connectivity index (χ3n) is 6.09. The van der Waals surface area contributed by atoms with E-state index in [1.807, 2.05) is 0 Å². The zero-order valence-electron chi connectivity index (χ0n) is 23.2. The molecule has 3 rings (SSSR count). The average Bonchev–Trinajstić information content (AvgIpc) is 2.85. The summed E-state index contributed by atoms with van der Waals surface area (Å²) in [7, 11) is -0.355. The predicted octanol–water partition coefficient (Wildman–Crippen LogP) is 8.56. The van der Waals surface area contributed by atoms with Gasteiger partial charge in [-0.2, -0.15) is 5.70 Å². The molecule has 0 aliphatic carbocycles. The van der Waals surface area contributed by atoms with Gasteiger partial charge in [-0.25, -0.2) is 0 Å². The van der Waals surface area contributed by atoms with Gasteiger partial charge in [0.15, 0.2) is 0 Å². The maximum atomic E-state index is 5.06. The molecule has 0 saturated heterocycles. The minimum absolute atomic E-state index is 0. The van der Waals surface area contributed by atoms with Crippen LogP contribution in [0.25, 0.3) is 5.32 Å². The summed E-state index contributed by atoms with van der Waals surface area (Å²) in [5.74, 6) is 0.887. The van der Waals surface area contributed by atoms with Crippen LogP contribution < -0.4 is 10.6 Å². The quantitative estimate of drug-likeness (QED) is 0.0991. The van der Waals surface area contributed by atoms with E-state index in [2.05, 4.69) is 126 Å². The monoisotopic (exact) mass is 548 g/mol. The van der Waals surface area contributed by atoms with Crippen molar-refractivity contribution in [2.45, 2.75) is 59.8 Å². The number of hydrogen-bond donors (Lipinski definition) is 0. The van der Waals surface area contributed by atoms with E-state index in [4.69, 9.17) is 10.3 Å². The van der Waals surface area contributed by atoms with Crippen LogP contribution in [0.2, 0.25) is 0 Å². The summed E-state index contributed by atoms with van der Waals surface area (Å²) in [6.45, 7) is 14.0. The molecule has 0 fully saturated rings.